The third kappa shape index (κ3) is 6.87. The standard InChI is InChI=1S/C15H21F3N2O3/c1-10(6-7-23-2)20-14(22)19-9-13(21)11-4-3-5-12(8-11)15(16,17)18/h3-5,8,10,13,21H,6-7,9H2,1-2H3,(H2,19,20,22). The van der Waals surface area contributed by atoms with Crippen LogP contribution < -0.4 is 10.6 Å². The third-order valence-corrected chi connectivity index (χ3v) is 3.19. The van der Waals surface area contributed by atoms with Gasteiger partial charge in [0.25, 0.3) is 0 Å². The van der Waals surface area contributed by atoms with Crippen LogP contribution in [-0.4, -0.2) is 37.4 Å². The largest absolute Gasteiger partial charge is 0.416 e. The van der Waals surface area contributed by atoms with E-state index >= 15 is 0 Å². The molecular weight excluding hydrogens is 313 g/mol. The molecule has 0 aliphatic carbocycles. The summed E-state index contributed by atoms with van der Waals surface area (Å²) in [7, 11) is 1.55. The molecule has 8 heteroatoms. The van der Waals surface area contributed by atoms with Crippen molar-refractivity contribution in [3.05, 3.63) is 35.4 Å². The molecule has 0 saturated heterocycles. The van der Waals surface area contributed by atoms with Gasteiger partial charge in [0, 0.05) is 26.3 Å². The zero-order valence-electron chi connectivity index (χ0n) is 13.0. The second kappa shape index (κ2) is 8.73. The number of hydrogen-bond acceptors (Lipinski definition) is 3. The molecule has 5 nitrogen and oxygen atoms in total. The zero-order chi connectivity index (χ0) is 17.5. The maximum atomic E-state index is 12.6. The molecule has 2 atom stereocenters. The molecule has 2 unspecified atom stereocenters. The number of benzene rings is 1. The molecule has 23 heavy (non-hydrogen) atoms. The molecule has 1 rings (SSSR count). The predicted octanol–water partition coefficient (Wildman–Crippen LogP) is 2.46. The molecule has 0 radical (unpaired) electrons. The molecular formula is C15H21F3N2O3. The number of carbonyl (C=O) groups is 1. The van der Waals surface area contributed by atoms with Gasteiger partial charge in [0.15, 0.2) is 0 Å². The van der Waals surface area contributed by atoms with Gasteiger partial charge < -0.3 is 20.5 Å². The Balaban J connectivity index is 2.50. The second-order valence-corrected chi connectivity index (χ2v) is 5.18. The number of aliphatic hydroxyl groups is 1. The van der Waals surface area contributed by atoms with E-state index in [4.69, 9.17) is 4.74 Å². The molecule has 0 fully saturated rings. The van der Waals surface area contributed by atoms with Crippen LogP contribution in [0.2, 0.25) is 0 Å². The van der Waals surface area contributed by atoms with Gasteiger partial charge in [0.1, 0.15) is 0 Å². The van der Waals surface area contributed by atoms with Crippen molar-refractivity contribution in [3.63, 3.8) is 0 Å². The van der Waals surface area contributed by atoms with Crippen molar-refractivity contribution < 1.29 is 27.8 Å². The number of alkyl halides is 3. The van der Waals surface area contributed by atoms with Crippen LogP contribution in [0, 0.1) is 0 Å². The smallest absolute Gasteiger partial charge is 0.387 e. The van der Waals surface area contributed by atoms with E-state index in [1.54, 1.807) is 14.0 Å². The van der Waals surface area contributed by atoms with Gasteiger partial charge in [-0.1, -0.05) is 12.1 Å². The summed E-state index contributed by atoms with van der Waals surface area (Å²) in [5, 5.41) is 15.0. The topological polar surface area (TPSA) is 70.6 Å². The average Bonchev–Trinajstić information content (AvgIpc) is 2.50. The quantitative estimate of drug-likeness (QED) is 0.717. The van der Waals surface area contributed by atoms with Crippen LogP contribution in [0.4, 0.5) is 18.0 Å². The molecule has 1 aromatic carbocycles. The van der Waals surface area contributed by atoms with Crippen LogP contribution in [0.15, 0.2) is 24.3 Å². The number of halogens is 3. The fourth-order valence-corrected chi connectivity index (χ4v) is 1.87. The van der Waals surface area contributed by atoms with E-state index in [1.165, 1.54) is 12.1 Å². The van der Waals surface area contributed by atoms with Crippen molar-refractivity contribution in [2.24, 2.45) is 0 Å². The van der Waals surface area contributed by atoms with Gasteiger partial charge in [-0.2, -0.15) is 13.2 Å². The molecule has 0 heterocycles. The van der Waals surface area contributed by atoms with E-state index in [2.05, 4.69) is 10.6 Å². The fraction of sp³-hybridized carbons (Fsp3) is 0.533. The fourth-order valence-electron chi connectivity index (χ4n) is 1.87. The Kier molecular flexibility index (Phi) is 7.31. The van der Waals surface area contributed by atoms with E-state index < -0.39 is 23.9 Å². The van der Waals surface area contributed by atoms with Crippen molar-refractivity contribution in [1.82, 2.24) is 10.6 Å². The molecule has 0 saturated carbocycles. The number of amides is 2. The lowest BCUT2D eigenvalue weighted by Gasteiger charge is -2.17. The Bertz CT molecular complexity index is 509. The maximum absolute atomic E-state index is 12.6. The first kappa shape index (κ1) is 19.2. The lowest BCUT2D eigenvalue weighted by atomic mass is 10.1. The minimum Gasteiger partial charge on any atom is -0.387 e. The van der Waals surface area contributed by atoms with E-state index in [9.17, 15) is 23.1 Å². The SMILES string of the molecule is COCCC(C)NC(=O)NCC(O)c1cccc(C(F)(F)F)c1. The van der Waals surface area contributed by atoms with Crippen molar-refractivity contribution >= 4 is 6.03 Å². The van der Waals surface area contributed by atoms with Crippen LogP contribution in [0.1, 0.15) is 30.6 Å². The van der Waals surface area contributed by atoms with Gasteiger partial charge in [0.05, 0.1) is 11.7 Å². The molecule has 0 bridgehead atoms. The molecule has 0 aliphatic rings. The van der Waals surface area contributed by atoms with Gasteiger partial charge in [-0.25, -0.2) is 4.79 Å². The summed E-state index contributed by atoms with van der Waals surface area (Å²) in [6.07, 6.45) is -5.07. The molecule has 3 N–H and O–H groups in total. The Hall–Kier alpha value is -1.80. The van der Waals surface area contributed by atoms with Crippen LogP contribution in [0.25, 0.3) is 0 Å². The van der Waals surface area contributed by atoms with Crippen LogP contribution >= 0.6 is 0 Å². The second-order valence-electron chi connectivity index (χ2n) is 5.18. The van der Waals surface area contributed by atoms with Gasteiger partial charge in [-0.3, -0.25) is 0 Å². The number of urea groups is 1. The Morgan fingerprint density at radius 3 is 2.70 bits per heavy atom. The van der Waals surface area contributed by atoms with Crippen molar-refractivity contribution in [3.8, 4) is 0 Å². The number of ether oxygens (including phenoxy) is 1. The summed E-state index contributed by atoms with van der Waals surface area (Å²) >= 11 is 0. The summed E-state index contributed by atoms with van der Waals surface area (Å²) < 4.78 is 42.7. The number of hydrogen-bond donors (Lipinski definition) is 3. The molecule has 0 aliphatic heterocycles. The summed E-state index contributed by atoms with van der Waals surface area (Å²) in [5.41, 5.74) is -0.751. The number of nitrogens with one attached hydrogen (secondary N) is 2. The highest BCUT2D eigenvalue weighted by molar-refractivity contribution is 5.74. The Morgan fingerprint density at radius 2 is 2.09 bits per heavy atom. The maximum Gasteiger partial charge on any atom is 0.416 e. The van der Waals surface area contributed by atoms with Crippen molar-refractivity contribution in [1.29, 1.82) is 0 Å². The summed E-state index contributed by atoms with van der Waals surface area (Å²) in [5.74, 6) is 0. The normalized spacial score (nSPS) is 14.2. The first-order valence-electron chi connectivity index (χ1n) is 7.12. The van der Waals surface area contributed by atoms with Crippen LogP contribution in [0.3, 0.4) is 0 Å². The summed E-state index contributed by atoms with van der Waals surface area (Å²) in [6, 6.07) is 3.76. The first-order valence-corrected chi connectivity index (χ1v) is 7.12. The average molecular weight is 334 g/mol. The zero-order valence-corrected chi connectivity index (χ0v) is 13.0. The van der Waals surface area contributed by atoms with E-state index in [0.717, 1.165) is 12.1 Å². The highest BCUT2D eigenvalue weighted by atomic mass is 19.4. The minimum atomic E-state index is -4.47. The van der Waals surface area contributed by atoms with E-state index in [1.807, 2.05) is 0 Å². The first-order chi connectivity index (χ1) is 10.7. The lowest BCUT2D eigenvalue weighted by Crippen LogP contribution is -2.42. The third-order valence-electron chi connectivity index (χ3n) is 3.19. The van der Waals surface area contributed by atoms with Gasteiger partial charge in [-0.05, 0) is 31.0 Å². The van der Waals surface area contributed by atoms with E-state index in [-0.39, 0.29) is 18.2 Å². The van der Waals surface area contributed by atoms with Gasteiger partial charge in [0.2, 0.25) is 0 Å². The van der Waals surface area contributed by atoms with Crippen molar-refractivity contribution in [2.45, 2.75) is 31.7 Å². The van der Waals surface area contributed by atoms with Gasteiger partial charge in [-0.15, -0.1) is 0 Å². The minimum absolute atomic E-state index is 0.0903. The summed E-state index contributed by atoms with van der Waals surface area (Å²) in [4.78, 5) is 11.6. The molecule has 130 valence electrons. The predicted molar refractivity (Wildman–Crippen MR) is 78.9 cm³/mol. The Morgan fingerprint density at radius 1 is 1.39 bits per heavy atom. The van der Waals surface area contributed by atoms with Crippen LogP contribution in [-0.2, 0) is 10.9 Å². The summed E-state index contributed by atoms with van der Waals surface area (Å²) in [6.45, 7) is 2.10. The van der Waals surface area contributed by atoms with Crippen molar-refractivity contribution in [2.75, 3.05) is 20.3 Å². The monoisotopic (exact) mass is 334 g/mol. The molecule has 0 spiro atoms. The number of aliphatic hydroxyl groups excluding tert-OH is 1. The lowest BCUT2D eigenvalue weighted by molar-refractivity contribution is -0.137. The number of rotatable bonds is 7. The highest BCUT2D eigenvalue weighted by Crippen LogP contribution is 2.30. The Labute approximate surface area is 132 Å². The number of carbonyl (C=O) groups excluding carboxylic acids is 1. The molecule has 1 aromatic rings. The van der Waals surface area contributed by atoms with Crippen LogP contribution in [0.5, 0.6) is 0 Å². The van der Waals surface area contributed by atoms with E-state index in [0.29, 0.717) is 13.0 Å². The molecule has 0 aromatic heterocycles. The number of methoxy groups -OCH3 is 1. The highest BCUT2D eigenvalue weighted by Gasteiger charge is 2.30. The molecule has 2 amide bonds. The van der Waals surface area contributed by atoms with Gasteiger partial charge >= 0.3 is 12.2 Å².